The van der Waals surface area contributed by atoms with Gasteiger partial charge in [0, 0.05) is 0 Å². The van der Waals surface area contributed by atoms with Gasteiger partial charge in [-0.15, -0.1) is 34.0 Å². The van der Waals surface area contributed by atoms with Crippen molar-refractivity contribution in [2.24, 2.45) is 0 Å². The average molecular weight is 280 g/mol. The highest BCUT2D eigenvalue weighted by atomic mass is 79.9. The highest BCUT2D eigenvalue weighted by Gasteiger charge is 1.86. The van der Waals surface area contributed by atoms with Crippen LogP contribution in [0.5, 0.6) is 0 Å². The number of halogens is 2. The molecule has 1 aromatic rings. The van der Waals surface area contributed by atoms with E-state index < -0.39 is 0 Å². The third-order valence-corrected chi connectivity index (χ3v) is 1.27. The summed E-state index contributed by atoms with van der Waals surface area (Å²) in [4.78, 5) is 0. The summed E-state index contributed by atoms with van der Waals surface area (Å²) in [6.45, 7) is 5.83. The van der Waals surface area contributed by atoms with Crippen molar-refractivity contribution >= 4 is 39.5 Å². The Morgan fingerprint density at radius 1 is 1.09 bits per heavy atom. The number of hydrogen-bond acceptors (Lipinski definition) is 0. The van der Waals surface area contributed by atoms with Gasteiger partial charge < -0.3 is 0 Å². The van der Waals surface area contributed by atoms with Gasteiger partial charge in [0.15, 0.2) is 0 Å². The van der Waals surface area contributed by atoms with Gasteiger partial charge in [0.2, 0.25) is 0 Å². The van der Waals surface area contributed by atoms with Gasteiger partial charge >= 0.3 is 0 Å². The van der Waals surface area contributed by atoms with E-state index in [9.17, 15) is 0 Å². The first kappa shape index (κ1) is 13.5. The maximum Gasteiger partial charge on any atom is -0.0233 e. The quantitative estimate of drug-likeness (QED) is 0.732. The molecule has 0 amide bonds. The first-order valence-electron chi connectivity index (χ1n) is 3.01. The molecule has 0 saturated carbocycles. The summed E-state index contributed by atoms with van der Waals surface area (Å²) >= 11 is 0. The van der Waals surface area contributed by atoms with Gasteiger partial charge in [0.1, 0.15) is 0 Å². The molecule has 11 heavy (non-hydrogen) atoms. The molecule has 2 heteroatoms. The van der Waals surface area contributed by atoms with Crippen LogP contribution >= 0.6 is 34.0 Å². The Balaban J connectivity index is 0. The second-order valence-electron chi connectivity index (χ2n) is 2.15. The number of hydrogen-bond donors (Lipinski definition) is 0. The second-order valence-corrected chi connectivity index (χ2v) is 2.15. The van der Waals surface area contributed by atoms with E-state index in [1.54, 1.807) is 0 Å². The molecule has 0 atom stereocenters. The molecule has 0 radical (unpaired) electrons. The van der Waals surface area contributed by atoms with Crippen LogP contribution in [0, 0.1) is 0 Å². The molecule has 0 aliphatic heterocycles. The SMILES string of the molecule is Br.Br.C=C(C)c1ccccc1. The molecule has 0 aliphatic rings. The van der Waals surface area contributed by atoms with Gasteiger partial charge in [0.05, 0.1) is 0 Å². The van der Waals surface area contributed by atoms with Crippen LogP contribution in [0.4, 0.5) is 0 Å². The lowest BCUT2D eigenvalue weighted by atomic mass is 10.1. The molecule has 62 valence electrons. The van der Waals surface area contributed by atoms with E-state index in [0.29, 0.717) is 0 Å². The fourth-order valence-electron chi connectivity index (χ4n) is 0.723. The Morgan fingerprint density at radius 2 is 1.55 bits per heavy atom. The van der Waals surface area contributed by atoms with E-state index >= 15 is 0 Å². The molecule has 0 saturated heterocycles. The van der Waals surface area contributed by atoms with E-state index in [4.69, 9.17) is 0 Å². The summed E-state index contributed by atoms with van der Waals surface area (Å²) in [6.07, 6.45) is 0. The minimum absolute atomic E-state index is 0. The predicted molar refractivity (Wildman–Crippen MR) is 61.8 cm³/mol. The third kappa shape index (κ3) is 4.38. The molecule has 0 unspecified atom stereocenters. The van der Waals surface area contributed by atoms with E-state index in [1.165, 1.54) is 5.56 Å². The molecular formula is C9H12Br2. The van der Waals surface area contributed by atoms with E-state index in [0.717, 1.165) is 5.57 Å². The topological polar surface area (TPSA) is 0 Å². The van der Waals surface area contributed by atoms with E-state index in [2.05, 4.69) is 18.7 Å². The lowest BCUT2D eigenvalue weighted by molar-refractivity contribution is 1.58. The van der Waals surface area contributed by atoms with Gasteiger partial charge in [-0.05, 0) is 12.5 Å². The van der Waals surface area contributed by atoms with Crippen LogP contribution in [0.1, 0.15) is 12.5 Å². The summed E-state index contributed by atoms with van der Waals surface area (Å²) in [7, 11) is 0. The zero-order valence-electron chi connectivity index (χ0n) is 6.41. The monoisotopic (exact) mass is 278 g/mol. The summed E-state index contributed by atoms with van der Waals surface area (Å²) in [5, 5.41) is 0. The summed E-state index contributed by atoms with van der Waals surface area (Å²) in [5.41, 5.74) is 2.34. The van der Waals surface area contributed by atoms with Crippen LogP contribution in [0.15, 0.2) is 36.9 Å². The first-order valence-corrected chi connectivity index (χ1v) is 3.01. The minimum atomic E-state index is 0. The molecule has 1 aromatic carbocycles. The molecule has 0 N–H and O–H groups in total. The number of allylic oxidation sites excluding steroid dienone is 1. The number of benzene rings is 1. The zero-order chi connectivity index (χ0) is 6.69. The molecule has 0 bridgehead atoms. The Bertz CT molecular complexity index is 204. The van der Waals surface area contributed by atoms with Crippen molar-refractivity contribution < 1.29 is 0 Å². The van der Waals surface area contributed by atoms with Crippen LogP contribution in [-0.2, 0) is 0 Å². The average Bonchev–Trinajstić information content (AvgIpc) is 1.90. The van der Waals surface area contributed by atoms with Crippen molar-refractivity contribution in [1.29, 1.82) is 0 Å². The fourth-order valence-corrected chi connectivity index (χ4v) is 0.723. The largest absolute Gasteiger partial charge is 0.114 e. The minimum Gasteiger partial charge on any atom is -0.114 e. The summed E-state index contributed by atoms with van der Waals surface area (Å²) < 4.78 is 0. The van der Waals surface area contributed by atoms with Crippen LogP contribution in [0.25, 0.3) is 5.57 Å². The zero-order valence-corrected chi connectivity index (χ0v) is 9.84. The van der Waals surface area contributed by atoms with Crippen LogP contribution in [-0.4, -0.2) is 0 Å². The maximum absolute atomic E-state index is 3.83. The lowest BCUT2D eigenvalue weighted by Gasteiger charge is -1.94. The van der Waals surface area contributed by atoms with Crippen LogP contribution < -0.4 is 0 Å². The van der Waals surface area contributed by atoms with Crippen LogP contribution in [0.2, 0.25) is 0 Å². The molecule has 0 fully saturated rings. The van der Waals surface area contributed by atoms with Gasteiger partial charge in [-0.1, -0.05) is 42.5 Å². The molecule has 0 aliphatic carbocycles. The van der Waals surface area contributed by atoms with Gasteiger partial charge in [-0.2, -0.15) is 0 Å². The van der Waals surface area contributed by atoms with Crippen molar-refractivity contribution in [2.45, 2.75) is 6.92 Å². The van der Waals surface area contributed by atoms with E-state index in [1.807, 2.05) is 25.1 Å². The Kier molecular flexibility index (Phi) is 8.13. The van der Waals surface area contributed by atoms with Crippen molar-refractivity contribution in [3.8, 4) is 0 Å². The first-order chi connectivity index (χ1) is 4.30. The second kappa shape index (κ2) is 6.62. The molecule has 0 spiro atoms. The normalized spacial score (nSPS) is 7.36. The number of rotatable bonds is 1. The van der Waals surface area contributed by atoms with Crippen molar-refractivity contribution in [3.63, 3.8) is 0 Å². The molecule has 0 heterocycles. The Labute approximate surface area is 88.9 Å². The van der Waals surface area contributed by atoms with Crippen molar-refractivity contribution in [1.82, 2.24) is 0 Å². The fraction of sp³-hybridized carbons (Fsp3) is 0.111. The molecule has 1 rings (SSSR count). The Hall–Kier alpha value is -0.0800. The van der Waals surface area contributed by atoms with Gasteiger partial charge in [-0.3, -0.25) is 0 Å². The maximum atomic E-state index is 3.83. The molecular weight excluding hydrogens is 268 g/mol. The third-order valence-electron chi connectivity index (χ3n) is 1.27. The highest BCUT2D eigenvalue weighted by molar-refractivity contribution is 8.93. The Morgan fingerprint density at radius 3 is 1.82 bits per heavy atom. The highest BCUT2D eigenvalue weighted by Crippen LogP contribution is 2.08. The summed E-state index contributed by atoms with van der Waals surface area (Å²) in [6, 6.07) is 10.2. The lowest BCUT2D eigenvalue weighted by Crippen LogP contribution is -1.72. The van der Waals surface area contributed by atoms with Crippen molar-refractivity contribution in [2.75, 3.05) is 0 Å². The molecule has 0 aromatic heterocycles. The van der Waals surface area contributed by atoms with Gasteiger partial charge in [0.25, 0.3) is 0 Å². The standard InChI is InChI=1S/C9H10.2BrH/c1-8(2)9-6-4-3-5-7-9;;/h3-7H,1H2,2H3;2*1H. The predicted octanol–water partition coefficient (Wildman–Crippen LogP) is 3.88. The van der Waals surface area contributed by atoms with Crippen LogP contribution in [0.3, 0.4) is 0 Å². The summed E-state index contributed by atoms with van der Waals surface area (Å²) in [5.74, 6) is 0. The van der Waals surface area contributed by atoms with E-state index in [-0.39, 0.29) is 34.0 Å². The smallest absolute Gasteiger partial charge is 0.0233 e. The molecule has 0 nitrogen and oxygen atoms in total. The van der Waals surface area contributed by atoms with Crippen molar-refractivity contribution in [3.05, 3.63) is 42.5 Å². The van der Waals surface area contributed by atoms with Gasteiger partial charge in [-0.25, -0.2) is 0 Å².